The Labute approximate surface area is 261 Å². The van der Waals surface area contributed by atoms with E-state index in [0.29, 0.717) is 56.0 Å². The molecule has 2 aliphatic heterocycles. The van der Waals surface area contributed by atoms with Crippen molar-refractivity contribution in [2.45, 2.75) is 44.6 Å². The number of piperazine rings is 1. The van der Waals surface area contributed by atoms with Crippen LogP contribution in [0.2, 0.25) is 0 Å². The highest BCUT2D eigenvalue weighted by atomic mass is 19.4. The highest BCUT2D eigenvalue weighted by Gasteiger charge is 2.40. The molecule has 0 saturated carbocycles. The number of nitriles is 1. The monoisotopic (exact) mass is 636 g/mol. The first kappa shape index (κ1) is 31.0. The number of aliphatic hydroxyl groups is 1. The van der Waals surface area contributed by atoms with Gasteiger partial charge in [-0.05, 0) is 37.6 Å². The van der Waals surface area contributed by atoms with Crippen LogP contribution in [0.5, 0.6) is 0 Å². The van der Waals surface area contributed by atoms with Crippen LogP contribution in [0.3, 0.4) is 0 Å². The molecule has 2 saturated heterocycles. The van der Waals surface area contributed by atoms with Gasteiger partial charge < -0.3 is 25.5 Å². The molecule has 2 atom stereocenters. The number of halogens is 3. The van der Waals surface area contributed by atoms with E-state index in [9.17, 15) is 27.9 Å². The number of carbonyl (C=O) groups excluding carboxylic acids is 2. The van der Waals surface area contributed by atoms with Crippen molar-refractivity contribution in [3.05, 3.63) is 59.8 Å². The Bertz CT molecular complexity index is 1850. The zero-order valence-electron chi connectivity index (χ0n) is 25.0. The Kier molecular flexibility index (Phi) is 7.90. The molecule has 3 aromatic heterocycles. The van der Waals surface area contributed by atoms with Crippen molar-refractivity contribution in [3.8, 4) is 17.3 Å². The van der Waals surface area contributed by atoms with Gasteiger partial charge in [0.25, 0.3) is 5.91 Å². The lowest BCUT2D eigenvalue weighted by molar-refractivity contribution is -0.141. The number of aryl methyl sites for hydroxylation is 1. The molecule has 16 heteroatoms. The lowest BCUT2D eigenvalue weighted by atomic mass is 10.0. The van der Waals surface area contributed by atoms with Gasteiger partial charge in [0.05, 0.1) is 35.2 Å². The molecule has 0 radical (unpaired) electrons. The van der Waals surface area contributed by atoms with E-state index in [0.717, 1.165) is 10.9 Å². The number of hydrogen-bond donors (Lipinski definition) is 3. The van der Waals surface area contributed by atoms with E-state index < -0.39 is 23.5 Å². The molecule has 13 nitrogen and oxygen atoms in total. The molecule has 3 N–H and O–H groups in total. The summed E-state index contributed by atoms with van der Waals surface area (Å²) in [5.74, 6) is 0.0532. The van der Waals surface area contributed by atoms with E-state index in [-0.39, 0.29) is 41.1 Å². The molecule has 2 amide bonds. The average molecular weight is 637 g/mol. The van der Waals surface area contributed by atoms with Crippen molar-refractivity contribution in [1.82, 2.24) is 39.3 Å². The van der Waals surface area contributed by atoms with E-state index in [2.05, 4.69) is 25.7 Å². The van der Waals surface area contributed by atoms with Gasteiger partial charge >= 0.3 is 6.18 Å². The fourth-order valence-corrected chi connectivity index (χ4v) is 5.92. The third-order valence-electron chi connectivity index (χ3n) is 8.24. The number of carbonyl (C=O) groups is 2. The number of aromatic nitrogens is 5. The Hall–Kier alpha value is -5.01. The highest BCUT2D eigenvalue weighted by molar-refractivity contribution is 5.96. The van der Waals surface area contributed by atoms with Gasteiger partial charge in [0.15, 0.2) is 17.2 Å². The van der Waals surface area contributed by atoms with Crippen LogP contribution in [-0.2, 0) is 17.5 Å². The van der Waals surface area contributed by atoms with Gasteiger partial charge in [-0.2, -0.15) is 23.5 Å². The van der Waals surface area contributed by atoms with Gasteiger partial charge in [0, 0.05) is 69.0 Å². The summed E-state index contributed by atoms with van der Waals surface area (Å²) in [6, 6.07) is 6.53. The van der Waals surface area contributed by atoms with Gasteiger partial charge in [-0.3, -0.25) is 18.7 Å². The summed E-state index contributed by atoms with van der Waals surface area (Å²) in [5, 5.41) is 28.9. The number of β-amino-alcohol motifs (C(OH)–C–C–N with tert-alkyl or cyclic N) is 1. The molecule has 0 unspecified atom stereocenters. The van der Waals surface area contributed by atoms with E-state index in [1.54, 1.807) is 47.9 Å². The normalized spacial score (nSPS) is 20.2. The molecule has 0 bridgehead atoms. The molecule has 0 spiro atoms. The number of benzene rings is 1. The number of rotatable bonds is 6. The molecular formula is C30H31F3N10O3. The largest absolute Gasteiger partial charge is 0.435 e. The zero-order chi connectivity index (χ0) is 32.8. The third kappa shape index (κ3) is 5.98. The van der Waals surface area contributed by atoms with Crippen LogP contribution in [0.1, 0.15) is 35.0 Å². The predicted octanol–water partition coefficient (Wildman–Crippen LogP) is 2.58. The van der Waals surface area contributed by atoms with E-state index in [1.807, 2.05) is 0 Å². The maximum atomic E-state index is 13.8. The number of imidazole rings is 1. The number of amides is 2. The quantitative estimate of drug-likeness (QED) is 0.290. The second-order valence-electron chi connectivity index (χ2n) is 11.8. The summed E-state index contributed by atoms with van der Waals surface area (Å²) < 4.78 is 43.7. The minimum atomic E-state index is -4.74. The van der Waals surface area contributed by atoms with Gasteiger partial charge in [-0.25, -0.2) is 9.97 Å². The van der Waals surface area contributed by atoms with Crippen molar-refractivity contribution >= 4 is 29.0 Å². The zero-order valence-corrected chi connectivity index (χ0v) is 25.0. The summed E-state index contributed by atoms with van der Waals surface area (Å²) in [6.45, 7) is 5.08. The molecule has 2 aliphatic rings. The van der Waals surface area contributed by atoms with E-state index in [1.165, 1.54) is 23.0 Å². The van der Waals surface area contributed by atoms with Crippen LogP contribution < -0.4 is 10.6 Å². The number of alkyl halides is 3. The summed E-state index contributed by atoms with van der Waals surface area (Å²) in [5.41, 5.74) is -0.0794. The first-order chi connectivity index (χ1) is 21.8. The first-order valence-corrected chi connectivity index (χ1v) is 14.6. The Balaban J connectivity index is 1.16. The number of anilines is 2. The Morgan fingerprint density at radius 3 is 2.59 bits per heavy atom. The molecule has 6 rings (SSSR count). The van der Waals surface area contributed by atoms with Crippen LogP contribution in [0, 0.1) is 18.3 Å². The molecule has 0 aliphatic carbocycles. The van der Waals surface area contributed by atoms with Crippen LogP contribution in [0.15, 0.2) is 43.0 Å². The van der Waals surface area contributed by atoms with E-state index >= 15 is 0 Å². The summed E-state index contributed by atoms with van der Waals surface area (Å²) in [7, 11) is 0. The molecule has 2 fully saturated rings. The Morgan fingerprint density at radius 2 is 1.93 bits per heavy atom. The number of fused-ring (bicyclic) bond motifs is 1. The fourth-order valence-electron chi connectivity index (χ4n) is 5.92. The summed E-state index contributed by atoms with van der Waals surface area (Å²) in [6.07, 6.45) is 0.973. The second-order valence-corrected chi connectivity index (χ2v) is 11.8. The molecule has 1 aromatic carbocycles. The molecule has 5 heterocycles. The topological polar surface area (TPSA) is 157 Å². The van der Waals surface area contributed by atoms with Crippen molar-refractivity contribution in [2.24, 2.45) is 0 Å². The standard InChI is InChI=1S/C30H31F3N10O3/c1-18-13-19(3-4-20(18)27(44)40-9-11-41(12-10-40)28(45)22-14-29(2,46)17-37-22)38-25-26-36-15-23(43(26)8-6-35-25)21-16-42(7-5-34)39-24(21)30(31,32)33/h3-4,6,8,13,15-16,22,37,46H,7,9-12,14,17H2,1-2H3,(H,35,38)/t22-,29-/m0/s1. The molecule has 240 valence electrons. The SMILES string of the molecule is Cc1cc(Nc2nccn3c(-c4cn(CC#N)nc4C(F)(F)F)cnc23)ccc1C(=O)N1CCN(C(=O)[C@@H]2C[C@](C)(O)CN2)CC1. The van der Waals surface area contributed by atoms with Gasteiger partial charge in [0.2, 0.25) is 5.91 Å². The predicted molar refractivity (Wildman–Crippen MR) is 159 cm³/mol. The average Bonchev–Trinajstić information content (AvgIpc) is 3.73. The summed E-state index contributed by atoms with van der Waals surface area (Å²) in [4.78, 5) is 38.3. The second kappa shape index (κ2) is 11.7. The number of nitrogens with zero attached hydrogens (tertiary/aromatic N) is 8. The van der Waals surface area contributed by atoms with Gasteiger partial charge in [-0.1, -0.05) is 0 Å². The lowest BCUT2D eigenvalue weighted by Crippen LogP contribution is -2.54. The number of nitrogens with one attached hydrogen (secondary N) is 2. The van der Waals surface area contributed by atoms with Crippen LogP contribution >= 0.6 is 0 Å². The minimum absolute atomic E-state index is 0.0698. The van der Waals surface area contributed by atoms with Gasteiger partial charge in [-0.15, -0.1) is 0 Å². The molecular weight excluding hydrogens is 605 g/mol. The van der Waals surface area contributed by atoms with Crippen molar-refractivity contribution in [2.75, 3.05) is 38.0 Å². The maximum Gasteiger partial charge on any atom is 0.435 e. The van der Waals surface area contributed by atoms with Crippen molar-refractivity contribution < 1.29 is 27.9 Å². The highest BCUT2D eigenvalue weighted by Crippen LogP contribution is 2.37. The molecule has 4 aromatic rings. The van der Waals surface area contributed by atoms with Crippen LogP contribution in [-0.4, -0.2) is 95.2 Å². The van der Waals surface area contributed by atoms with E-state index in [4.69, 9.17) is 5.26 Å². The van der Waals surface area contributed by atoms with Crippen LogP contribution in [0.25, 0.3) is 16.9 Å². The van der Waals surface area contributed by atoms with Gasteiger partial charge in [0.1, 0.15) is 6.54 Å². The minimum Gasteiger partial charge on any atom is -0.389 e. The molecule has 46 heavy (non-hydrogen) atoms. The van der Waals surface area contributed by atoms with Crippen molar-refractivity contribution in [1.29, 1.82) is 5.26 Å². The Morgan fingerprint density at radius 1 is 1.20 bits per heavy atom. The lowest BCUT2D eigenvalue weighted by Gasteiger charge is -2.36. The third-order valence-corrected chi connectivity index (χ3v) is 8.24. The summed E-state index contributed by atoms with van der Waals surface area (Å²) >= 11 is 0. The van der Waals surface area contributed by atoms with Crippen LogP contribution in [0.4, 0.5) is 24.7 Å². The first-order valence-electron chi connectivity index (χ1n) is 14.6. The van der Waals surface area contributed by atoms with Crippen molar-refractivity contribution in [3.63, 3.8) is 0 Å². The fraction of sp³-hybridized carbons (Fsp3) is 0.400. The smallest absolute Gasteiger partial charge is 0.389 e. The maximum absolute atomic E-state index is 13.8. The number of hydrogen-bond acceptors (Lipinski definition) is 9.